The second kappa shape index (κ2) is 18.6. The van der Waals surface area contributed by atoms with Crippen molar-refractivity contribution in [3.05, 3.63) is 122 Å². The number of azo groups is 3. The molecule has 0 saturated carbocycles. The first-order valence-corrected chi connectivity index (χ1v) is 16.9. The van der Waals surface area contributed by atoms with Crippen LogP contribution in [0.3, 0.4) is 0 Å². The summed E-state index contributed by atoms with van der Waals surface area (Å²) in [6.07, 6.45) is 1.83. The van der Waals surface area contributed by atoms with Gasteiger partial charge in [-0.1, -0.05) is 30.8 Å². The molecule has 1 unspecified atom stereocenters. The van der Waals surface area contributed by atoms with Crippen LogP contribution >= 0.6 is 0 Å². The van der Waals surface area contributed by atoms with Gasteiger partial charge in [0, 0.05) is 42.0 Å². The Bertz CT molecular complexity index is 1970. The summed E-state index contributed by atoms with van der Waals surface area (Å²) in [5.41, 5.74) is 5.40. The molecule has 0 aromatic heterocycles. The average Bonchev–Trinajstić information content (AvgIpc) is 3.17. The van der Waals surface area contributed by atoms with Crippen molar-refractivity contribution in [1.82, 2.24) is 0 Å². The number of rotatable bonds is 17. The molecule has 51 heavy (non-hydrogen) atoms. The lowest BCUT2D eigenvalue weighted by Crippen LogP contribution is -2.21. The third kappa shape index (κ3) is 10.7. The van der Waals surface area contributed by atoms with Crippen LogP contribution < -0.4 is 9.64 Å². The summed E-state index contributed by atoms with van der Waals surface area (Å²) in [5.74, 6) is 0.0572. The molecule has 5 rings (SSSR count). The van der Waals surface area contributed by atoms with E-state index >= 15 is 0 Å². The molecule has 5 aromatic rings. The predicted molar refractivity (Wildman–Crippen MR) is 201 cm³/mol. The van der Waals surface area contributed by atoms with Gasteiger partial charge in [0.05, 0.1) is 40.7 Å². The maximum atomic E-state index is 11.1. The highest BCUT2D eigenvalue weighted by molar-refractivity contribution is 5.99. The van der Waals surface area contributed by atoms with Crippen LogP contribution in [0.1, 0.15) is 33.1 Å². The van der Waals surface area contributed by atoms with Crippen molar-refractivity contribution in [1.29, 1.82) is 0 Å². The molecule has 260 valence electrons. The molecule has 11 nitrogen and oxygen atoms in total. The second-order valence-electron chi connectivity index (χ2n) is 11.4. The fourth-order valence-corrected chi connectivity index (χ4v) is 5.15. The van der Waals surface area contributed by atoms with E-state index in [0.717, 1.165) is 47.0 Å². The number of hydrogen-bond acceptors (Lipinski definition) is 11. The minimum absolute atomic E-state index is 0.277. The number of carbonyl (C=O) groups is 1. The number of anilines is 1. The summed E-state index contributed by atoms with van der Waals surface area (Å²) in [4.78, 5) is 13.3. The molecule has 0 aliphatic heterocycles. The normalized spacial score (nSPS) is 12.1. The third-order valence-electron chi connectivity index (χ3n) is 7.90. The van der Waals surface area contributed by atoms with Gasteiger partial charge < -0.3 is 19.5 Å². The van der Waals surface area contributed by atoms with Crippen molar-refractivity contribution < 1.29 is 19.4 Å². The Kier molecular flexibility index (Phi) is 13.2. The third-order valence-corrected chi connectivity index (χ3v) is 7.90. The lowest BCUT2D eigenvalue weighted by molar-refractivity contribution is -0.137. The molecule has 0 aliphatic carbocycles. The van der Waals surface area contributed by atoms with Crippen LogP contribution in [0.2, 0.25) is 0 Å². The van der Waals surface area contributed by atoms with Crippen molar-refractivity contribution >= 4 is 56.6 Å². The van der Waals surface area contributed by atoms with Gasteiger partial charge in [-0.2, -0.15) is 20.5 Å². The zero-order valence-corrected chi connectivity index (χ0v) is 28.8. The van der Waals surface area contributed by atoms with Crippen LogP contribution in [0.4, 0.5) is 39.8 Å². The van der Waals surface area contributed by atoms with Crippen LogP contribution in [0.25, 0.3) is 10.8 Å². The van der Waals surface area contributed by atoms with Crippen LogP contribution in [0, 0.1) is 0 Å². The van der Waals surface area contributed by atoms with Crippen LogP contribution in [-0.2, 0) is 9.53 Å². The number of hydrogen-bond donors (Lipinski definition) is 1. The maximum Gasteiger partial charge on any atom is 0.330 e. The van der Waals surface area contributed by atoms with E-state index in [9.17, 15) is 9.90 Å². The van der Waals surface area contributed by atoms with E-state index in [0.29, 0.717) is 42.1 Å². The Balaban J connectivity index is 1.15. The molecule has 1 atom stereocenters. The average molecular weight is 684 g/mol. The van der Waals surface area contributed by atoms with E-state index in [1.54, 1.807) is 24.3 Å². The first-order chi connectivity index (χ1) is 24.9. The molecule has 0 saturated heterocycles. The van der Waals surface area contributed by atoms with Gasteiger partial charge in [0.2, 0.25) is 0 Å². The number of aliphatic hydroxyl groups is 1. The van der Waals surface area contributed by atoms with Gasteiger partial charge in [-0.25, -0.2) is 4.79 Å². The van der Waals surface area contributed by atoms with Crippen LogP contribution in [0.5, 0.6) is 5.75 Å². The van der Waals surface area contributed by atoms with E-state index in [1.807, 2.05) is 72.8 Å². The molecule has 1 N–H and O–H groups in total. The molecule has 0 amide bonds. The highest BCUT2D eigenvalue weighted by Gasteiger charge is 2.08. The molecule has 0 radical (unpaired) electrons. The molecule has 5 aromatic carbocycles. The Morgan fingerprint density at radius 3 is 1.65 bits per heavy atom. The second-order valence-corrected chi connectivity index (χ2v) is 11.4. The molecular weight excluding hydrogens is 642 g/mol. The summed E-state index contributed by atoms with van der Waals surface area (Å²) < 4.78 is 10.5. The van der Waals surface area contributed by atoms with Crippen molar-refractivity contribution in [3.63, 3.8) is 0 Å². The smallest absolute Gasteiger partial charge is 0.330 e. The number of aliphatic hydroxyl groups excluding tert-OH is 1. The SMILES string of the molecule is C=CC(=O)OCCCCC(O)Oc1ccc(N=Nc2ccc(N=Nc3ccc(N=Nc4ccc(N(CC)CC)cc4)c4ccccc34)cc2)cc1. The number of unbranched alkanes of at least 4 members (excludes halogenated alkanes) is 1. The van der Waals surface area contributed by atoms with Gasteiger partial charge in [-0.15, -0.1) is 10.2 Å². The summed E-state index contributed by atoms with van der Waals surface area (Å²) in [6, 6.07) is 34.1. The van der Waals surface area contributed by atoms with Gasteiger partial charge in [0.15, 0.2) is 6.29 Å². The first-order valence-electron chi connectivity index (χ1n) is 16.9. The monoisotopic (exact) mass is 683 g/mol. The fourth-order valence-electron chi connectivity index (χ4n) is 5.15. The number of ether oxygens (including phenoxy) is 2. The Labute approximate surface area is 297 Å². The fraction of sp³-hybridized carbons (Fsp3) is 0.225. The quantitative estimate of drug-likeness (QED) is 0.0342. The van der Waals surface area contributed by atoms with Gasteiger partial charge in [0.25, 0.3) is 0 Å². The van der Waals surface area contributed by atoms with E-state index in [1.165, 1.54) is 5.69 Å². The Morgan fingerprint density at radius 2 is 1.16 bits per heavy atom. The highest BCUT2D eigenvalue weighted by atomic mass is 16.6. The van der Waals surface area contributed by atoms with Crippen molar-refractivity contribution in [2.75, 3.05) is 24.6 Å². The van der Waals surface area contributed by atoms with Crippen molar-refractivity contribution in [2.45, 2.75) is 39.4 Å². The summed E-state index contributed by atoms with van der Waals surface area (Å²) in [7, 11) is 0. The van der Waals surface area contributed by atoms with Crippen LogP contribution in [-0.4, -0.2) is 37.1 Å². The summed E-state index contributed by atoms with van der Waals surface area (Å²) >= 11 is 0. The molecule has 0 heterocycles. The lowest BCUT2D eigenvalue weighted by Gasteiger charge is -2.20. The summed E-state index contributed by atoms with van der Waals surface area (Å²) in [5, 5.41) is 38.6. The topological polar surface area (TPSA) is 133 Å². The molecule has 11 heteroatoms. The van der Waals surface area contributed by atoms with Gasteiger partial charge in [-0.05, 0) is 112 Å². The van der Waals surface area contributed by atoms with E-state index < -0.39 is 12.3 Å². The van der Waals surface area contributed by atoms with Crippen molar-refractivity contribution in [2.24, 2.45) is 30.7 Å². The molecular formula is C40H41N7O4. The highest BCUT2D eigenvalue weighted by Crippen LogP contribution is 2.35. The van der Waals surface area contributed by atoms with Gasteiger partial charge in [-0.3, -0.25) is 0 Å². The number of carbonyl (C=O) groups excluding carboxylic acids is 1. The number of nitrogens with zero attached hydrogens (tertiary/aromatic N) is 7. The maximum absolute atomic E-state index is 11.1. The minimum atomic E-state index is -0.968. The lowest BCUT2D eigenvalue weighted by atomic mass is 10.1. The van der Waals surface area contributed by atoms with E-state index in [-0.39, 0.29) is 6.61 Å². The Hall–Kier alpha value is -6.07. The largest absolute Gasteiger partial charge is 0.465 e. The summed E-state index contributed by atoms with van der Waals surface area (Å²) in [6.45, 7) is 9.83. The van der Waals surface area contributed by atoms with E-state index in [2.05, 4.69) is 68.1 Å². The standard InChI is InChI=1S/C40H41N7O4/c1-4-39(48)50-28-10-9-13-40(49)51-34-24-20-32(21-25-34)42-41-29-14-16-30(17-15-29)43-45-37-26-27-38(36-12-8-7-11-35(36)37)46-44-31-18-22-33(23-19-31)47(5-2)6-3/h4,7-8,11-12,14-27,40,49H,1,5-6,9-10,13,28H2,2-3H3. The van der Waals surface area contributed by atoms with Crippen LogP contribution in [0.15, 0.2) is 153 Å². The van der Waals surface area contributed by atoms with Gasteiger partial charge in [0.1, 0.15) is 5.75 Å². The molecule has 0 aliphatic rings. The van der Waals surface area contributed by atoms with Gasteiger partial charge >= 0.3 is 5.97 Å². The Morgan fingerprint density at radius 1 is 0.686 bits per heavy atom. The molecule has 0 spiro atoms. The minimum Gasteiger partial charge on any atom is -0.465 e. The van der Waals surface area contributed by atoms with Crippen molar-refractivity contribution in [3.8, 4) is 5.75 Å². The zero-order chi connectivity index (χ0) is 35.8. The molecule has 0 bridgehead atoms. The number of esters is 1. The number of fused-ring (bicyclic) bond motifs is 1. The first kappa shape index (κ1) is 36.2. The number of benzene rings is 5. The predicted octanol–water partition coefficient (Wildman–Crippen LogP) is 11.5. The molecule has 0 fully saturated rings. The van der Waals surface area contributed by atoms with E-state index in [4.69, 9.17) is 9.47 Å². The zero-order valence-electron chi connectivity index (χ0n) is 28.8.